The van der Waals surface area contributed by atoms with Gasteiger partial charge in [0.2, 0.25) is 0 Å². The molecule has 7 heteroatoms. The number of nitrogens with zero attached hydrogens (tertiary/aromatic N) is 3. The van der Waals surface area contributed by atoms with E-state index in [2.05, 4.69) is 37.9 Å². The van der Waals surface area contributed by atoms with E-state index in [1.54, 1.807) is 18.2 Å². The summed E-state index contributed by atoms with van der Waals surface area (Å²) in [6.45, 7) is 4.17. The van der Waals surface area contributed by atoms with E-state index in [0.717, 1.165) is 0 Å². The normalized spacial score (nSPS) is 10.4. The lowest BCUT2D eigenvalue weighted by molar-refractivity contribution is 0.0690. The molecule has 2 N–H and O–H groups in total. The average Bonchev–Trinajstić information content (AvgIpc) is 2.64. The summed E-state index contributed by atoms with van der Waals surface area (Å²) in [5, 5.41) is 16.1. The lowest BCUT2D eigenvalue weighted by Crippen LogP contribution is -2.03. The first-order valence-corrected chi connectivity index (χ1v) is 5.56. The second kappa shape index (κ2) is 4.54. The fourth-order valence-corrected chi connectivity index (χ4v) is 1.83. The molecular formula is C10H9BrN4O2. The topological polar surface area (TPSA) is 79.5 Å². The maximum absolute atomic E-state index is 10.9. The van der Waals surface area contributed by atoms with Crippen LogP contribution in [0.3, 0.4) is 0 Å². The van der Waals surface area contributed by atoms with E-state index in [1.165, 1.54) is 4.52 Å². The number of nitrogens with one attached hydrogen (secondary N) is 1. The zero-order valence-corrected chi connectivity index (χ0v) is 10.3. The van der Waals surface area contributed by atoms with E-state index in [4.69, 9.17) is 5.11 Å². The number of aromatic nitrogens is 3. The SMILES string of the molecule is C=CCNc1ccc2nc(C(=O)O)c(Br)n2n1. The van der Waals surface area contributed by atoms with Crippen molar-refractivity contribution in [1.29, 1.82) is 0 Å². The molecule has 0 saturated heterocycles. The third kappa shape index (κ3) is 2.14. The van der Waals surface area contributed by atoms with Crippen LogP contribution in [0, 0.1) is 0 Å². The minimum Gasteiger partial charge on any atom is -0.476 e. The molecule has 0 aliphatic heterocycles. The molecule has 6 nitrogen and oxygen atoms in total. The minimum absolute atomic E-state index is 0.0571. The number of fused-ring (bicyclic) bond motifs is 1. The molecule has 0 fully saturated rings. The van der Waals surface area contributed by atoms with Crippen LogP contribution < -0.4 is 5.32 Å². The van der Waals surface area contributed by atoms with Crippen LogP contribution >= 0.6 is 15.9 Å². The van der Waals surface area contributed by atoms with Gasteiger partial charge < -0.3 is 10.4 Å². The number of rotatable bonds is 4. The van der Waals surface area contributed by atoms with Crippen LogP contribution in [0.25, 0.3) is 5.65 Å². The fraction of sp³-hybridized carbons (Fsp3) is 0.100. The lowest BCUT2D eigenvalue weighted by atomic mass is 10.5. The molecule has 0 bridgehead atoms. The van der Waals surface area contributed by atoms with Crippen molar-refractivity contribution >= 4 is 33.4 Å². The van der Waals surface area contributed by atoms with Gasteiger partial charge in [-0.15, -0.1) is 11.7 Å². The highest BCUT2D eigenvalue weighted by molar-refractivity contribution is 9.10. The van der Waals surface area contributed by atoms with Gasteiger partial charge >= 0.3 is 5.97 Å². The van der Waals surface area contributed by atoms with E-state index < -0.39 is 5.97 Å². The molecule has 0 aromatic carbocycles. The molecule has 0 aliphatic rings. The predicted molar refractivity (Wildman–Crippen MR) is 66.3 cm³/mol. The van der Waals surface area contributed by atoms with Gasteiger partial charge in [0.25, 0.3) is 0 Å². The van der Waals surface area contributed by atoms with E-state index in [1.807, 2.05) is 0 Å². The quantitative estimate of drug-likeness (QED) is 0.841. The maximum Gasteiger partial charge on any atom is 0.357 e. The molecule has 0 unspecified atom stereocenters. The molecule has 0 spiro atoms. The molecule has 2 rings (SSSR count). The molecule has 88 valence electrons. The Balaban J connectivity index is 2.49. The summed E-state index contributed by atoms with van der Waals surface area (Å²) in [4.78, 5) is 14.8. The molecule has 2 aromatic rings. The highest BCUT2D eigenvalue weighted by Crippen LogP contribution is 2.19. The number of anilines is 1. The first kappa shape index (κ1) is 11.6. The summed E-state index contributed by atoms with van der Waals surface area (Å²) >= 11 is 3.16. The number of hydrogen-bond donors (Lipinski definition) is 2. The number of hydrogen-bond acceptors (Lipinski definition) is 4. The van der Waals surface area contributed by atoms with Crippen LogP contribution in [-0.4, -0.2) is 32.2 Å². The Morgan fingerprint density at radius 3 is 3.06 bits per heavy atom. The van der Waals surface area contributed by atoms with Gasteiger partial charge in [0, 0.05) is 6.54 Å². The monoisotopic (exact) mass is 296 g/mol. The van der Waals surface area contributed by atoms with E-state index >= 15 is 0 Å². The first-order valence-electron chi connectivity index (χ1n) is 4.77. The zero-order chi connectivity index (χ0) is 12.4. The van der Waals surface area contributed by atoms with Gasteiger partial charge in [-0.25, -0.2) is 14.3 Å². The zero-order valence-electron chi connectivity index (χ0n) is 8.72. The van der Waals surface area contributed by atoms with Crippen molar-refractivity contribution in [2.75, 3.05) is 11.9 Å². The molecule has 0 atom stereocenters. The second-order valence-corrected chi connectivity index (χ2v) is 3.97. The van der Waals surface area contributed by atoms with Crippen molar-refractivity contribution in [3.63, 3.8) is 0 Å². The van der Waals surface area contributed by atoms with E-state index in [-0.39, 0.29) is 5.69 Å². The number of halogens is 1. The highest BCUT2D eigenvalue weighted by atomic mass is 79.9. The molecule has 0 aliphatic carbocycles. The van der Waals surface area contributed by atoms with Crippen LogP contribution in [0.2, 0.25) is 0 Å². The van der Waals surface area contributed by atoms with E-state index in [0.29, 0.717) is 22.6 Å². The van der Waals surface area contributed by atoms with Crippen molar-refractivity contribution in [3.05, 3.63) is 35.1 Å². The van der Waals surface area contributed by atoms with Crippen LogP contribution in [0.1, 0.15) is 10.5 Å². The number of carboxylic acid groups (broad SMARTS) is 1. The molecule has 2 heterocycles. The van der Waals surface area contributed by atoms with Crippen LogP contribution in [0.5, 0.6) is 0 Å². The van der Waals surface area contributed by atoms with Crippen molar-refractivity contribution < 1.29 is 9.90 Å². The second-order valence-electron chi connectivity index (χ2n) is 3.21. The van der Waals surface area contributed by atoms with Gasteiger partial charge in [-0.2, -0.15) is 0 Å². The van der Waals surface area contributed by atoms with Crippen molar-refractivity contribution in [2.24, 2.45) is 0 Å². The summed E-state index contributed by atoms with van der Waals surface area (Å²) in [6.07, 6.45) is 1.71. The average molecular weight is 297 g/mol. The molecule has 0 amide bonds. The van der Waals surface area contributed by atoms with Crippen LogP contribution in [0.4, 0.5) is 5.82 Å². The predicted octanol–water partition coefficient (Wildman–Crippen LogP) is 1.79. The molecule has 2 aromatic heterocycles. The minimum atomic E-state index is -1.09. The summed E-state index contributed by atoms with van der Waals surface area (Å²) in [7, 11) is 0. The Morgan fingerprint density at radius 2 is 2.41 bits per heavy atom. The van der Waals surface area contributed by atoms with Gasteiger partial charge in [0.1, 0.15) is 10.4 Å². The van der Waals surface area contributed by atoms with Gasteiger partial charge in [-0.3, -0.25) is 0 Å². The van der Waals surface area contributed by atoms with Gasteiger partial charge in [0.05, 0.1) is 0 Å². The van der Waals surface area contributed by atoms with Crippen molar-refractivity contribution in [2.45, 2.75) is 0 Å². The Morgan fingerprint density at radius 1 is 1.65 bits per heavy atom. The molecule has 17 heavy (non-hydrogen) atoms. The van der Waals surface area contributed by atoms with Gasteiger partial charge in [-0.1, -0.05) is 6.08 Å². The first-order chi connectivity index (χ1) is 8.13. The largest absolute Gasteiger partial charge is 0.476 e. The highest BCUT2D eigenvalue weighted by Gasteiger charge is 2.16. The Labute approximate surface area is 105 Å². The summed E-state index contributed by atoms with van der Waals surface area (Å²) < 4.78 is 1.75. The van der Waals surface area contributed by atoms with Crippen LogP contribution in [0.15, 0.2) is 29.4 Å². The number of carbonyl (C=O) groups is 1. The van der Waals surface area contributed by atoms with Gasteiger partial charge in [-0.05, 0) is 28.1 Å². The third-order valence-corrected chi connectivity index (χ3v) is 2.76. The lowest BCUT2D eigenvalue weighted by Gasteiger charge is -2.02. The number of imidazole rings is 1. The fourth-order valence-electron chi connectivity index (χ4n) is 1.31. The number of carboxylic acids is 1. The van der Waals surface area contributed by atoms with E-state index in [9.17, 15) is 4.79 Å². The molecule has 0 radical (unpaired) electrons. The Bertz CT molecular complexity index is 593. The van der Waals surface area contributed by atoms with Crippen molar-refractivity contribution in [3.8, 4) is 0 Å². The third-order valence-electron chi connectivity index (χ3n) is 2.05. The summed E-state index contributed by atoms with van der Waals surface area (Å²) in [5.74, 6) is -0.476. The standard InChI is InChI=1S/C10H9BrN4O2/c1-2-5-12-6-3-4-7-13-8(10(16)17)9(11)15(7)14-6/h2-4H,1,5H2,(H,12,14)(H,16,17). The van der Waals surface area contributed by atoms with Gasteiger partial charge in [0.15, 0.2) is 11.3 Å². The summed E-state index contributed by atoms with van der Waals surface area (Å²) in [5.41, 5.74) is 0.414. The number of aromatic carboxylic acids is 1. The smallest absolute Gasteiger partial charge is 0.357 e. The molecule has 0 saturated carbocycles. The summed E-state index contributed by atoms with van der Waals surface area (Å²) in [6, 6.07) is 3.42. The van der Waals surface area contributed by atoms with Crippen molar-refractivity contribution in [1.82, 2.24) is 14.6 Å². The Kier molecular flexibility index (Phi) is 3.10. The van der Waals surface area contributed by atoms with Crippen LogP contribution in [-0.2, 0) is 0 Å². The maximum atomic E-state index is 10.9. The molecular weight excluding hydrogens is 288 g/mol. The Hall–Kier alpha value is -1.89.